The summed E-state index contributed by atoms with van der Waals surface area (Å²) in [5.74, 6) is 1.95. The minimum atomic E-state index is 0.296. The van der Waals surface area contributed by atoms with Gasteiger partial charge in [0.25, 0.3) is 5.89 Å². The average Bonchev–Trinajstić information content (AvgIpc) is 2.81. The fraction of sp³-hybridized carbons (Fsp3) is 0.385. The van der Waals surface area contributed by atoms with Crippen molar-refractivity contribution in [2.75, 3.05) is 6.54 Å². The highest BCUT2D eigenvalue weighted by molar-refractivity contribution is 5.33. The zero-order chi connectivity index (χ0) is 12.8. The second-order valence-electron chi connectivity index (χ2n) is 3.91. The maximum Gasteiger partial charge on any atom is 0.264 e. The highest BCUT2D eigenvalue weighted by atomic mass is 16.5. The first-order valence-corrected chi connectivity index (χ1v) is 6.00. The van der Waals surface area contributed by atoms with Crippen molar-refractivity contribution in [1.29, 1.82) is 0 Å². The van der Waals surface area contributed by atoms with Gasteiger partial charge in [-0.3, -0.25) is 0 Å². The van der Waals surface area contributed by atoms with Gasteiger partial charge in [0.15, 0.2) is 12.4 Å². The molecular formula is C13H17N3O2. The summed E-state index contributed by atoms with van der Waals surface area (Å²) in [6, 6.07) is 7.92. The third-order valence-corrected chi connectivity index (χ3v) is 2.46. The summed E-state index contributed by atoms with van der Waals surface area (Å²) >= 11 is 0. The van der Waals surface area contributed by atoms with Crippen LogP contribution in [0.25, 0.3) is 0 Å². The Labute approximate surface area is 106 Å². The second kappa shape index (κ2) is 6.16. The molecule has 0 saturated carbocycles. The number of aromatic nitrogens is 2. The van der Waals surface area contributed by atoms with Gasteiger partial charge in [0, 0.05) is 12.1 Å². The Bertz CT molecular complexity index is 496. The standard InChI is InChI=1S/C13H17N3O2/c1-3-14-8-11-6-4-5-7-12(11)17-9-13-15-10(2)16-18-13/h4-7,14H,3,8-9H2,1-2H3. The van der Waals surface area contributed by atoms with Crippen LogP contribution in [0.2, 0.25) is 0 Å². The molecule has 1 aromatic heterocycles. The molecule has 5 heteroatoms. The van der Waals surface area contributed by atoms with Crippen LogP contribution in [0, 0.1) is 6.92 Å². The summed E-state index contributed by atoms with van der Waals surface area (Å²) in [6.45, 7) is 5.87. The van der Waals surface area contributed by atoms with E-state index in [1.54, 1.807) is 6.92 Å². The SMILES string of the molecule is CCNCc1ccccc1OCc1nc(C)no1. The van der Waals surface area contributed by atoms with Crippen molar-refractivity contribution in [3.05, 3.63) is 41.5 Å². The van der Waals surface area contributed by atoms with Gasteiger partial charge in [0.2, 0.25) is 0 Å². The van der Waals surface area contributed by atoms with Crippen molar-refractivity contribution in [3.8, 4) is 5.75 Å². The predicted molar refractivity (Wildman–Crippen MR) is 67.2 cm³/mol. The Morgan fingerprint density at radius 1 is 1.33 bits per heavy atom. The molecule has 0 spiro atoms. The van der Waals surface area contributed by atoms with E-state index in [-0.39, 0.29) is 0 Å². The Morgan fingerprint density at radius 2 is 2.17 bits per heavy atom. The molecule has 0 unspecified atom stereocenters. The molecule has 1 heterocycles. The molecular weight excluding hydrogens is 230 g/mol. The van der Waals surface area contributed by atoms with Crippen LogP contribution in [0.1, 0.15) is 24.2 Å². The maximum absolute atomic E-state index is 5.70. The number of ether oxygens (including phenoxy) is 1. The molecule has 5 nitrogen and oxygen atoms in total. The van der Waals surface area contributed by atoms with E-state index in [2.05, 4.69) is 22.4 Å². The quantitative estimate of drug-likeness (QED) is 0.846. The number of nitrogens with one attached hydrogen (secondary N) is 1. The zero-order valence-electron chi connectivity index (χ0n) is 10.6. The van der Waals surface area contributed by atoms with Crippen molar-refractivity contribution in [3.63, 3.8) is 0 Å². The van der Waals surface area contributed by atoms with Crippen LogP contribution in [-0.4, -0.2) is 16.7 Å². The normalized spacial score (nSPS) is 10.6. The molecule has 1 aromatic carbocycles. The third kappa shape index (κ3) is 3.30. The lowest BCUT2D eigenvalue weighted by molar-refractivity contribution is 0.240. The summed E-state index contributed by atoms with van der Waals surface area (Å²) < 4.78 is 10.7. The zero-order valence-corrected chi connectivity index (χ0v) is 10.6. The third-order valence-electron chi connectivity index (χ3n) is 2.46. The number of rotatable bonds is 6. The van der Waals surface area contributed by atoms with Gasteiger partial charge in [-0.2, -0.15) is 4.98 Å². The van der Waals surface area contributed by atoms with Gasteiger partial charge in [-0.15, -0.1) is 0 Å². The van der Waals surface area contributed by atoms with Gasteiger partial charge in [0.1, 0.15) is 5.75 Å². The topological polar surface area (TPSA) is 60.2 Å². The van der Waals surface area contributed by atoms with Crippen LogP contribution in [0.3, 0.4) is 0 Å². The Kier molecular flexibility index (Phi) is 4.30. The first-order chi connectivity index (χ1) is 8.79. The monoisotopic (exact) mass is 247 g/mol. The molecule has 2 aromatic rings. The number of hydrogen-bond acceptors (Lipinski definition) is 5. The molecule has 0 amide bonds. The molecule has 96 valence electrons. The molecule has 0 saturated heterocycles. The van der Waals surface area contributed by atoms with Gasteiger partial charge in [-0.25, -0.2) is 0 Å². The maximum atomic E-state index is 5.70. The van der Waals surface area contributed by atoms with E-state index in [4.69, 9.17) is 9.26 Å². The molecule has 0 atom stereocenters. The fourth-order valence-corrected chi connectivity index (χ4v) is 1.59. The summed E-state index contributed by atoms with van der Waals surface area (Å²) in [4.78, 5) is 4.10. The van der Waals surface area contributed by atoms with Crippen molar-refractivity contribution < 1.29 is 9.26 Å². The van der Waals surface area contributed by atoms with E-state index in [1.807, 2.05) is 24.3 Å². The molecule has 18 heavy (non-hydrogen) atoms. The second-order valence-corrected chi connectivity index (χ2v) is 3.91. The molecule has 0 bridgehead atoms. The number of hydrogen-bond donors (Lipinski definition) is 1. The van der Waals surface area contributed by atoms with Crippen molar-refractivity contribution >= 4 is 0 Å². The van der Waals surface area contributed by atoms with Crippen LogP contribution < -0.4 is 10.1 Å². The molecule has 1 N–H and O–H groups in total. The van der Waals surface area contributed by atoms with Crippen LogP contribution in [0.4, 0.5) is 0 Å². The highest BCUT2D eigenvalue weighted by Gasteiger charge is 2.06. The highest BCUT2D eigenvalue weighted by Crippen LogP contribution is 2.18. The van der Waals surface area contributed by atoms with E-state index in [9.17, 15) is 0 Å². The summed E-state index contributed by atoms with van der Waals surface area (Å²) in [5.41, 5.74) is 1.12. The van der Waals surface area contributed by atoms with E-state index in [0.29, 0.717) is 18.3 Å². The summed E-state index contributed by atoms with van der Waals surface area (Å²) in [5, 5.41) is 7.00. The van der Waals surface area contributed by atoms with Crippen molar-refractivity contribution in [2.24, 2.45) is 0 Å². The van der Waals surface area contributed by atoms with Crippen LogP contribution in [-0.2, 0) is 13.2 Å². The van der Waals surface area contributed by atoms with Crippen LogP contribution in [0.15, 0.2) is 28.8 Å². The minimum Gasteiger partial charge on any atom is -0.483 e. The largest absolute Gasteiger partial charge is 0.483 e. The van der Waals surface area contributed by atoms with E-state index in [1.165, 1.54) is 0 Å². The fourth-order valence-electron chi connectivity index (χ4n) is 1.59. The van der Waals surface area contributed by atoms with Crippen LogP contribution in [0.5, 0.6) is 5.75 Å². The molecule has 0 aliphatic heterocycles. The Morgan fingerprint density at radius 3 is 2.89 bits per heavy atom. The van der Waals surface area contributed by atoms with Gasteiger partial charge in [-0.1, -0.05) is 30.3 Å². The first kappa shape index (κ1) is 12.6. The van der Waals surface area contributed by atoms with Gasteiger partial charge >= 0.3 is 0 Å². The van der Waals surface area contributed by atoms with Crippen molar-refractivity contribution in [1.82, 2.24) is 15.5 Å². The Balaban J connectivity index is 1.99. The van der Waals surface area contributed by atoms with Crippen LogP contribution >= 0.6 is 0 Å². The predicted octanol–water partition coefficient (Wildman–Crippen LogP) is 2.07. The van der Waals surface area contributed by atoms with Gasteiger partial charge in [0.05, 0.1) is 0 Å². The molecule has 2 rings (SSSR count). The lowest BCUT2D eigenvalue weighted by atomic mass is 10.2. The van der Waals surface area contributed by atoms with Gasteiger partial charge in [-0.05, 0) is 19.5 Å². The summed E-state index contributed by atoms with van der Waals surface area (Å²) in [7, 11) is 0. The Hall–Kier alpha value is -1.88. The number of aryl methyl sites for hydroxylation is 1. The first-order valence-electron chi connectivity index (χ1n) is 6.00. The molecule has 0 aliphatic rings. The smallest absolute Gasteiger partial charge is 0.264 e. The molecule has 0 radical (unpaired) electrons. The van der Waals surface area contributed by atoms with E-state index in [0.717, 1.165) is 24.4 Å². The van der Waals surface area contributed by atoms with Gasteiger partial charge < -0.3 is 14.6 Å². The lowest BCUT2D eigenvalue weighted by Gasteiger charge is -2.09. The summed E-state index contributed by atoms with van der Waals surface area (Å²) in [6.07, 6.45) is 0. The van der Waals surface area contributed by atoms with Crippen molar-refractivity contribution in [2.45, 2.75) is 27.0 Å². The minimum absolute atomic E-state index is 0.296. The lowest BCUT2D eigenvalue weighted by Crippen LogP contribution is -2.12. The molecule has 0 aliphatic carbocycles. The molecule has 0 fully saturated rings. The number of benzene rings is 1. The number of para-hydroxylation sites is 1. The average molecular weight is 247 g/mol. The van der Waals surface area contributed by atoms with E-state index < -0.39 is 0 Å². The number of nitrogens with zero attached hydrogens (tertiary/aromatic N) is 2. The van der Waals surface area contributed by atoms with E-state index >= 15 is 0 Å².